The molecule has 0 saturated carbocycles. The molecule has 48 heavy (non-hydrogen) atoms. The van der Waals surface area contributed by atoms with Gasteiger partial charge in [0.25, 0.3) is 0 Å². The van der Waals surface area contributed by atoms with Crippen molar-refractivity contribution in [1.82, 2.24) is 4.98 Å². The van der Waals surface area contributed by atoms with Crippen LogP contribution in [0.25, 0.3) is 88.1 Å². The number of pyridine rings is 1. The highest BCUT2D eigenvalue weighted by atomic mass is 14.6. The molecule has 0 amide bonds. The van der Waals surface area contributed by atoms with Crippen LogP contribution in [-0.2, 0) is 0 Å². The molecule has 222 valence electrons. The molecule has 0 spiro atoms. The third kappa shape index (κ3) is 3.59. The van der Waals surface area contributed by atoms with Crippen LogP contribution in [0.5, 0.6) is 0 Å². The normalized spacial score (nSPS) is 16.6. The van der Waals surface area contributed by atoms with Crippen molar-refractivity contribution in [1.29, 1.82) is 0 Å². The van der Waals surface area contributed by atoms with Gasteiger partial charge in [-0.1, -0.05) is 127 Å². The fraction of sp³-hybridized carbons (Fsp3) is 0.0426. The largest absolute Gasteiger partial charge is 0.256 e. The van der Waals surface area contributed by atoms with Gasteiger partial charge in [-0.15, -0.1) is 0 Å². The number of hydrogen-bond acceptors (Lipinski definition) is 1. The first-order chi connectivity index (χ1) is 23.8. The minimum atomic E-state index is 0.411. The smallest absolute Gasteiger partial charge is 0.0708 e. The standard InChI is InChI=1S/C47H29N/c1-3-11-37-35(9-1)41-15-5-13-39-33(19-21-43(37)46(39)41)31-24-30(29-18-17-28-8-7-23-48-45(28)27-29)25-32(26-31)34-20-22-44-38-12-4-2-10-36(38)42-16-6-14-40(34)47(42)44/h1-27,35,37H. The molecule has 1 nitrogen and oxygen atoms in total. The Morgan fingerprint density at radius 1 is 0.396 bits per heavy atom. The molecule has 0 aliphatic heterocycles. The number of benzene rings is 7. The Morgan fingerprint density at radius 3 is 1.81 bits per heavy atom. The van der Waals surface area contributed by atoms with Gasteiger partial charge in [0.2, 0.25) is 0 Å². The van der Waals surface area contributed by atoms with Crippen LogP contribution in [0.1, 0.15) is 23.0 Å². The average molecular weight is 608 g/mol. The number of rotatable bonds is 3. The van der Waals surface area contributed by atoms with Crippen LogP contribution >= 0.6 is 0 Å². The molecule has 11 rings (SSSR count). The van der Waals surface area contributed by atoms with E-state index in [1.54, 1.807) is 0 Å². The SMILES string of the molecule is C1=CC2c3cccc4c(-c5cc(-c6ccc7cccnc7c6)cc(-c6ccc7c8c(cccc68)-c6ccccc6-7)c5)ccc(c34)C2C=C1. The molecule has 0 fully saturated rings. The van der Waals surface area contributed by atoms with E-state index in [0.717, 1.165) is 10.9 Å². The zero-order valence-corrected chi connectivity index (χ0v) is 26.2. The fourth-order valence-corrected chi connectivity index (χ4v) is 8.88. The van der Waals surface area contributed by atoms with Crippen molar-refractivity contribution in [2.24, 2.45) is 0 Å². The van der Waals surface area contributed by atoms with E-state index in [0.29, 0.717) is 11.8 Å². The summed E-state index contributed by atoms with van der Waals surface area (Å²) in [6.45, 7) is 0. The Labute approximate surface area is 279 Å². The Bertz CT molecular complexity index is 2690. The van der Waals surface area contributed by atoms with E-state index in [-0.39, 0.29) is 0 Å². The van der Waals surface area contributed by atoms with Gasteiger partial charge in [-0.05, 0) is 119 Å². The number of aromatic nitrogens is 1. The zero-order chi connectivity index (χ0) is 31.3. The molecule has 7 aromatic carbocycles. The highest BCUT2D eigenvalue weighted by molar-refractivity contribution is 6.19. The summed E-state index contributed by atoms with van der Waals surface area (Å²) >= 11 is 0. The molecule has 0 radical (unpaired) electrons. The van der Waals surface area contributed by atoms with E-state index in [2.05, 4.69) is 152 Å². The van der Waals surface area contributed by atoms with Crippen LogP contribution in [0.2, 0.25) is 0 Å². The summed E-state index contributed by atoms with van der Waals surface area (Å²) in [7, 11) is 0. The first kappa shape index (κ1) is 26.1. The van der Waals surface area contributed by atoms with Gasteiger partial charge in [0, 0.05) is 23.4 Å². The maximum atomic E-state index is 4.71. The van der Waals surface area contributed by atoms with Gasteiger partial charge in [-0.3, -0.25) is 4.98 Å². The maximum absolute atomic E-state index is 4.71. The lowest BCUT2D eigenvalue weighted by molar-refractivity contribution is 0.769. The van der Waals surface area contributed by atoms with Crippen molar-refractivity contribution in [3.63, 3.8) is 0 Å². The van der Waals surface area contributed by atoms with Crippen molar-refractivity contribution >= 4 is 32.4 Å². The summed E-state index contributed by atoms with van der Waals surface area (Å²) < 4.78 is 0. The Kier molecular flexibility index (Phi) is 5.28. The Balaban J connectivity index is 1.18. The van der Waals surface area contributed by atoms with Crippen molar-refractivity contribution in [3.8, 4) is 55.6 Å². The first-order valence-corrected chi connectivity index (χ1v) is 16.9. The number of hydrogen-bond donors (Lipinski definition) is 0. The van der Waals surface area contributed by atoms with Crippen LogP contribution in [0.4, 0.5) is 0 Å². The summed E-state index contributed by atoms with van der Waals surface area (Å²) in [6.07, 6.45) is 11.0. The van der Waals surface area contributed by atoms with E-state index >= 15 is 0 Å². The minimum Gasteiger partial charge on any atom is -0.256 e. The molecule has 0 saturated heterocycles. The average Bonchev–Trinajstić information content (AvgIpc) is 3.66. The van der Waals surface area contributed by atoms with Crippen LogP contribution in [0.3, 0.4) is 0 Å². The second-order valence-electron chi connectivity index (χ2n) is 13.4. The summed E-state index contributed by atoms with van der Waals surface area (Å²) in [5.74, 6) is 0.822. The second kappa shape index (κ2) is 9.73. The number of fused-ring (bicyclic) bond motifs is 7. The lowest BCUT2D eigenvalue weighted by Crippen LogP contribution is -2.01. The van der Waals surface area contributed by atoms with E-state index in [1.807, 2.05) is 12.3 Å². The lowest BCUT2D eigenvalue weighted by atomic mass is 9.86. The molecule has 3 aliphatic rings. The van der Waals surface area contributed by atoms with Crippen LogP contribution in [-0.4, -0.2) is 4.98 Å². The van der Waals surface area contributed by atoms with Crippen LogP contribution < -0.4 is 0 Å². The molecule has 0 bridgehead atoms. The maximum Gasteiger partial charge on any atom is 0.0708 e. The molecular weight excluding hydrogens is 579 g/mol. The van der Waals surface area contributed by atoms with E-state index < -0.39 is 0 Å². The van der Waals surface area contributed by atoms with Gasteiger partial charge in [0.15, 0.2) is 0 Å². The van der Waals surface area contributed by atoms with Gasteiger partial charge < -0.3 is 0 Å². The second-order valence-corrected chi connectivity index (χ2v) is 13.4. The Morgan fingerprint density at radius 2 is 1.02 bits per heavy atom. The molecule has 2 unspecified atom stereocenters. The van der Waals surface area contributed by atoms with Gasteiger partial charge in [-0.25, -0.2) is 0 Å². The molecule has 2 atom stereocenters. The summed E-state index contributed by atoms with van der Waals surface area (Å²) in [6, 6.07) is 49.9. The highest BCUT2D eigenvalue weighted by Gasteiger charge is 2.32. The molecule has 1 heteroatoms. The first-order valence-electron chi connectivity index (χ1n) is 16.9. The molecular formula is C47H29N. The van der Waals surface area contributed by atoms with E-state index in [4.69, 9.17) is 4.98 Å². The van der Waals surface area contributed by atoms with Crippen molar-refractivity contribution in [2.75, 3.05) is 0 Å². The van der Waals surface area contributed by atoms with Crippen molar-refractivity contribution < 1.29 is 0 Å². The lowest BCUT2D eigenvalue weighted by Gasteiger charge is -2.17. The zero-order valence-electron chi connectivity index (χ0n) is 26.2. The molecule has 8 aromatic rings. The molecule has 3 aliphatic carbocycles. The predicted molar refractivity (Wildman–Crippen MR) is 201 cm³/mol. The number of allylic oxidation sites excluding steroid dienone is 4. The van der Waals surface area contributed by atoms with Gasteiger partial charge in [-0.2, -0.15) is 0 Å². The molecule has 1 aromatic heterocycles. The van der Waals surface area contributed by atoms with Gasteiger partial charge in [0.1, 0.15) is 0 Å². The molecule has 1 heterocycles. The summed E-state index contributed by atoms with van der Waals surface area (Å²) in [5.41, 5.74) is 16.6. The van der Waals surface area contributed by atoms with Gasteiger partial charge in [0.05, 0.1) is 5.52 Å². The third-order valence-corrected chi connectivity index (χ3v) is 11.0. The van der Waals surface area contributed by atoms with E-state index in [9.17, 15) is 0 Å². The minimum absolute atomic E-state index is 0.411. The predicted octanol–water partition coefficient (Wildman–Crippen LogP) is 12.5. The highest BCUT2D eigenvalue weighted by Crippen LogP contribution is 2.52. The quantitative estimate of drug-likeness (QED) is 0.195. The molecule has 0 N–H and O–H groups in total. The fourth-order valence-electron chi connectivity index (χ4n) is 8.88. The monoisotopic (exact) mass is 607 g/mol. The number of nitrogens with zero attached hydrogens (tertiary/aromatic N) is 1. The van der Waals surface area contributed by atoms with Crippen LogP contribution in [0, 0.1) is 0 Å². The van der Waals surface area contributed by atoms with Crippen molar-refractivity contribution in [3.05, 3.63) is 175 Å². The third-order valence-electron chi connectivity index (χ3n) is 11.0. The summed E-state index contributed by atoms with van der Waals surface area (Å²) in [4.78, 5) is 4.71. The van der Waals surface area contributed by atoms with Gasteiger partial charge >= 0.3 is 0 Å². The topological polar surface area (TPSA) is 12.9 Å². The Hall–Kier alpha value is -6.05. The van der Waals surface area contributed by atoms with Crippen LogP contribution in [0.15, 0.2) is 164 Å². The summed E-state index contributed by atoms with van der Waals surface area (Å²) in [5, 5.41) is 6.56. The van der Waals surface area contributed by atoms with Crippen molar-refractivity contribution in [2.45, 2.75) is 11.8 Å². The van der Waals surface area contributed by atoms with E-state index in [1.165, 1.54) is 88.3 Å².